The Labute approximate surface area is 168 Å². The van der Waals surface area contributed by atoms with Gasteiger partial charge in [0.05, 0.1) is 25.4 Å². The SMILES string of the molecule is CCNC(=NCC(O)c1ccc(F)cc1)NC1CCN(CCOC(C)C)CC1. The number of aliphatic imine (C=N–C) groups is 1. The van der Waals surface area contributed by atoms with E-state index in [0.29, 0.717) is 17.6 Å². The number of likely N-dealkylation sites (tertiary alicyclic amines) is 1. The van der Waals surface area contributed by atoms with Crippen LogP contribution in [0.4, 0.5) is 4.39 Å². The molecule has 3 N–H and O–H groups in total. The molecule has 1 aromatic carbocycles. The second-order valence-electron chi connectivity index (χ2n) is 7.47. The molecule has 1 aliphatic rings. The van der Waals surface area contributed by atoms with Crippen LogP contribution < -0.4 is 10.6 Å². The van der Waals surface area contributed by atoms with E-state index in [1.807, 2.05) is 6.92 Å². The van der Waals surface area contributed by atoms with Gasteiger partial charge in [0, 0.05) is 32.2 Å². The first-order valence-electron chi connectivity index (χ1n) is 10.3. The molecule has 0 spiro atoms. The van der Waals surface area contributed by atoms with Crippen molar-refractivity contribution in [3.05, 3.63) is 35.6 Å². The number of hydrogen-bond acceptors (Lipinski definition) is 4. The van der Waals surface area contributed by atoms with Crippen LogP contribution in [0.25, 0.3) is 0 Å². The Hall–Kier alpha value is -1.70. The van der Waals surface area contributed by atoms with Gasteiger partial charge in [-0.1, -0.05) is 12.1 Å². The molecule has 1 saturated heterocycles. The Morgan fingerprint density at radius 2 is 1.96 bits per heavy atom. The van der Waals surface area contributed by atoms with E-state index in [1.54, 1.807) is 12.1 Å². The van der Waals surface area contributed by atoms with E-state index in [2.05, 4.69) is 34.4 Å². The van der Waals surface area contributed by atoms with E-state index in [-0.39, 0.29) is 18.5 Å². The lowest BCUT2D eigenvalue weighted by Crippen LogP contribution is -2.49. The number of aliphatic hydroxyl groups is 1. The van der Waals surface area contributed by atoms with Crippen LogP contribution in [-0.4, -0.2) is 67.4 Å². The van der Waals surface area contributed by atoms with Crippen molar-refractivity contribution >= 4 is 5.96 Å². The fraction of sp³-hybridized carbons (Fsp3) is 0.667. The monoisotopic (exact) mass is 394 g/mol. The van der Waals surface area contributed by atoms with Gasteiger partial charge in [0.15, 0.2) is 5.96 Å². The minimum absolute atomic E-state index is 0.229. The number of hydrogen-bond donors (Lipinski definition) is 3. The quantitative estimate of drug-likeness (QED) is 0.443. The number of guanidine groups is 1. The largest absolute Gasteiger partial charge is 0.386 e. The minimum atomic E-state index is -0.751. The lowest BCUT2D eigenvalue weighted by molar-refractivity contribution is 0.0532. The average molecular weight is 395 g/mol. The third-order valence-electron chi connectivity index (χ3n) is 4.81. The Balaban J connectivity index is 1.79. The molecule has 6 nitrogen and oxygen atoms in total. The highest BCUT2D eigenvalue weighted by Gasteiger charge is 2.20. The maximum Gasteiger partial charge on any atom is 0.191 e. The van der Waals surface area contributed by atoms with Gasteiger partial charge in [0.2, 0.25) is 0 Å². The first-order valence-corrected chi connectivity index (χ1v) is 10.3. The molecule has 28 heavy (non-hydrogen) atoms. The molecule has 0 aliphatic carbocycles. The molecule has 0 aromatic heterocycles. The molecule has 7 heteroatoms. The first kappa shape index (κ1) is 22.6. The zero-order chi connectivity index (χ0) is 20.4. The lowest BCUT2D eigenvalue weighted by atomic mass is 10.1. The summed E-state index contributed by atoms with van der Waals surface area (Å²) in [6.45, 7) is 11.0. The second kappa shape index (κ2) is 12.0. The second-order valence-corrected chi connectivity index (χ2v) is 7.47. The summed E-state index contributed by atoms with van der Waals surface area (Å²) in [6, 6.07) is 6.25. The number of halogens is 1. The molecule has 0 radical (unpaired) electrons. The molecule has 2 rings (SSSR count). The maximum absolute atomic E-state index is 13.0. The number of rotatable bonds is 9. The Bertz CT molecular complexity index is 587. The highest BCUT2D eigenvalue weighted by Crippen LogP contribution is 2.14. The maximum atomic E-state index is 13.0. The van der Waals surface area contributed by atoms with E-state index < -0.39 is 6.10 Å². The number of nitrogens with zero attached hydrogens (tertiary/aromatic N) is 2. The number of ether oxygens (including phenoxy) is 1. The Morgan fingerprint density at radius 1 is 1.29 bits per heavy atom. The predicted octanol–water partition coefficient (Wildman–Crippen LogP) is 2.30. The topological polar surface area (TPSA) is 69.1 Å². The predicted molar refractivity (Wildman–Crippen MR) is 111 cm³/mol. The average Bonchev–Trinajstić information content (AvgIpc) is 2.67. The molecular weight excluding hydrogens is 359 g/mol. The Morgan fingerprint density at radius 3 is 2.57 bits per heavy atom. The van der Waals surface area contributed by atoms with Crippen molar-refractivity contribution in [1.82, 2.24) is 15.5 Å². The number of piperidine rings is 1. The molecule has 1 aliphatic heterocycles. The summed E-state index contributed by atoms with van der Waals surface area (Å²) in [5, 5.41) is 17.0. The van der Waals surface area contributed by atoms with Crippen LogP contribution in [0.3, 0.4) is 0 Å². The third-order valence-corrected chi connectivity index (χ3v) is 4.81. The van der Waals surface area contributed by atoms with Crippen molar-refractivity contribution in [2.45, 2.75) is 51.9 Å². The fourth-order valence-corrected chi connectivity index (χ4v) is 3.20. The molecule has 0 saturated carbocycles. The van der Waals surface area contributed by atoms with Gasteiger partial charge in [-0.3, -0.25) is 4.99 Å². The molecule has 1 fully saturated rings. The summed E-state index contributed by atoms with van der Waals surface area (Å²) in [4.78, 5) is 6.94. The zero-order valence-corrected chi connectivity index (χ0v) is 17.3. The summed E-state index contributed by atoms with van der Waals surface area (Å²) in [5.41, 5.74) is 0.665. The van der Waals surface area contributed by atoms with Crippen molar-refractivity contribution in [2.24, 2.45) is 4.99 Å². The van der Waals surface area contributed by atoms with Gasteiger partial charge < -0.3 is 25.4 Å². The van der Waals surface area contributed by atoms with Crippen molar-refractivity contribution < 1.29 is 14.2 Å². The molecule has 0 bridgehead atoms. The van der Waals surface area contributed by atoms with Crippen LogP contribution in [0, 0.1) is 5.82 Å². The third kappa shape index (κ3) is 8.12. The van der Waals surface area contributed by atoms with Gasteiger partial charge >= 0.3 is 0 Å². The number of nitrogens with one attached hydrogen (secondary N) is 2. The molecule has 1 atom stereocenters. The smallest absolute Gasteiger partial charge is 0.191 e. The lowest BCUT2D eigenvalue weighted by Gasteiger charge is -2.33. The molecular formula is C21H35FN4O2. The van der Waals surface area contributed by atoms with Crippen LogP contribution in [0.1, 0.15) is 45.3 Å². The summed E-state index contributed by atoms with van der Waals surface area (Å²) in [6.07, 6.45) is 1.63. The highest BCUT2D eigenvalue weighted by molar-refractivity contribution is 5.80. The minimum Gasteiger partial charge on any atom is -0.386 e. The molecule has 1 aromatic rings. The van der Waals surface area contributed by atoms with E-state index >= 15 is 0 Å². The van der Waals surface area contributed by atoms with Crippen LogP contribution >= 0.6 is 0 Å². The van der Waals surface area contributed by atoms with Gasteiger partial charge in [0.25, 0.3) is 0 Å². The van der Waals surface area contributed by atoms with Crippen LogP contribution in [0.2, 0.25) is 0 Å². The summed E-state index contributed by atoms with van der Waals surface area (Å²) in [5.74, 6) is 0.404. The summed E-state index contributed by atoms with van der Waals surface area (Å²) < 4.78 is 18.7. The van der Waals surface area contributed by atoms with Gasteiger partial charge in [-0.15, -0.1) is 0 Å². The van der Waals surface area contributed by atoms with Crippen molar-refractivity contribution in [3.8, 4) is 0 Å². The van der Waals surface area contributed by atoms with Gasteiger partial charge in [-0.25, -0.2) is 4.39 Å². The fourth-order valence-electron chi connectivity index (χ4n) is 3.20. The van der Waals surface area contributed by atoms with E-state index in [0.717, 1.165) is 45.6 Å². The standard InChI is InChI=1S/C21H35FN4O2/c1-4-23-21(24-15-20(27)17-5-7-18(22)8-6-17)25-19-9-11-26(12-10-19)13-14-28-16(2)3/h5-8,16,19-20,27H,4,9-15H2,1-3H3,(H2,23,24,25). The van der Waals surface area contributed by atoms with E-state index in [9.17, 15) is 9.50 Å². The molecule has 1 heterocycles. The van der Waals surface area contributed by atoms with Gasteiger partial charge in [-0.2, -0.15) is 0 Å². The van der Waals surface area contributed by atoms with E-state index in [4.69, 9.17) is 4.74 Å². The van der Waals surface area contributed by atoms with Crippen LogP contribution in [0.5, 0.6) is 0 Å². The van der Waals surface area contributed by atoms with Gasteiger partial charge in [-0.05, 0) is 51.3 Å². The van der Waals surface area contributed by atoms with Crippen LogP contribution in [-0.2, 0) is 4.74 Å². The first-order chi connectivity index (χ1) is 13.5. The normalized spacial score (nSPS) is 17.7. The molecule has 0 amide bonds. The van der Waals surface area contributed by atoms with Crippen LogP contribution in [0.15, 0.2) is 29.3 Å². The number of aliphatic hydroxyl groups excluding tert-OH is 1. The van der Waals surface area contributed by atoms with E-state index in [1.165, 1.54) is 12.1 Å². The summed E-state index contributed by atoms with van der Waals surface area (Å²) in [7, 11) is 0. The van der Waals surface area contributed by atoms with Gasteiger partial charge in [0.1, 0.15) is 5.82 Å². The zero-order valence-electron chi connectivity index (χ0n) is 17.3. The van der Waals surface area contributed by atoms with Crippen molar-refractivity contribution in [2.75, 3.05) is 39.3 Å². The molecule has 1 unspecified atom stereocenters. The van der Waals surface area contributed by atoms with Crippen molar-refractivity contribution in [1.29, 1.82) is 0 Å². The van der Waals surface area contributed by atoms with Crippen molar-refractivity contribution in [3.63, 3.8) is 0 Å². The summed E-state index contributed by atoms with van der Waals surface area (Å²) >= 11 is 0. The number of benzene rings is 1. The highest BCUT2D eigenvalue weighted by atomic mass is 19.1. The Kier molecular flexibility index (Phi) is 9.67. The molecule has 158 valence electrons.